The van der Waals surface area contributed by atoms with Crippen molar-refractivity contribution in [3.05, 3.63) is 41.3 Å². The van der Waals surface area contributed by atoms with Crippen molar-refractivity contribution in [2.75, 3.05) is 0 Å². The van der Waals surface area contributed by atoms with E-state index in [0.717, 1.165) is 0 Å². The molecule has 0 fully saturated rings. The van der Waals surface area contributed by atoms with E-state index in [4.69, 9.17) is 5.11 Å². The standard InChI is InChI=1S/C11H8FNO2/c1-6-9(12)3-2-7-8(11(14)15)4-5-13-10(6)7/h2-5H,1H3,(H,14,15). The van der Waals surface area contributed by atoms with Crippen LogP contribution in [0.25, 0.3) is 10.9 Å². The Hall–Kier alpha value is -1.97. The number of nitrogens with zero attached hydrogens (tertiary/aromatic N) is 1. The third kappa shape index (κ3) is 1.44. The number of aromatic nitrogens is 1. The molecule has 4 heteroatoms. The number of halogens is 1. The summed E-state index contributed by atoms with van der Waals surface area (Å²) in [6, 6.07) is 4.10. The quantitative estimate of drug-likeness (QED) is 0.777. The zero-order valence-electron chi connectivity index (χ0n) is 7.99. The Morgan fingerprint density at radius 2 is 2.13 bits per heavy atom. The van der Waals surface area contributed by atoms with Crippen LogP contribution in [0.2, 0.25) is 0 Å². The van der Waals surface area contributed by atoms with Crippen molar-refractivity contribution in [3.8, 4) is 0 Å². The van der Waals surface area contributed by atoms with Gasteiger partial charge in [-0.05, 0) is 25.1 Å². The van der Waals surface area contributed by atoms with Gasteiger partial charge in [-0.25, -0.2) is 9.18 Å². The van der Waals surface area contributed by atoms with E-state index < -0.39 is 5.97 Å². The number of hydrogen-bond acceptors (Lipinski definition) is 2. The molecular formula is C11H8FNO2. The number of benzene rings is 1. The van der Waals surface area contributed by atoms with Gasteiger partial charge in [-0.2, -0.15) is 0 Å². The number of carboxylic acids is 1. The van der Waals surface area contributed by atoms with Crippen LogP contribution in [0.3, 0.4) is 0 Å². The maximum atomic E-state index is 13.2. The zero-order chi connectivity index (χ0) is 11.0. The van der Waals surface area contributed by atoms with Gasteiger partial charge in [0.25, 0.3) is 0 Å². The van der Waals surface area contributed by atoms with Gasteiger partial charge in [0.05, 0.1) is 11.1 Å². The number of fused-ring (bicyclic) bond motifs is 1. The zero-order valence-corrected chi connectivity index (χ0v) is 7.99. The highest BCUT2D eigenvalue weighted by atomic mass is 19.1. The minimum Gasteiger partial charge on any atom is -0.478 e. The largest absolute Gasteiger partial charge is 0.478 e. The Morgan fingerprint density at radius 3 is 2.80 bits per heavy atom. The van der Waals surface area contributed by atoms with E-state index in [1.54, 1.807) is 6.92 Å². The molecule has 0 saturated carbocycles. The third-order valence-electron chi connectivity index (χ3n) is 2.33. The Morgan fingerprint density at radius 1 is 1.40 bits per heavy atom. The molecule has 15 heavy (non-hydrogen) atoms. The second-order valence-corrected chi connectivity index (χ2v) is 3.23. The minimum absolute atomic E-state index is 0.142. The van der Waals surface area contributed by atoms with Gasteiger partial charge < -0.3 is 5.11 Å². The van der Waals surface area contributed by atoms with Crippen LogP contribution in [0.5, 0.6) is 0 Å². The van der Waals surface area contributed by atoms with E-state index in [0.29, 0.717) is 16.5 Å². The lowest BCUT2D eigenvalue weighted by atomic mass is 10.1. The highest BCUT2D eigenvalue weighted by Crippen LogP contribution is 2.21. The fourth-order valence-corrected chi connectivity index (χ4v) is 1.52. The van der Waals surface area contributed by atoms with Crippen molar-refractivity contribution in [1.29, 1.82) is 0 Å². The van der Waals surface area contributed by atoms with Crippen LogP contribution in [0, 0.1) is 12.7 Å². The summed E-state index contributed by atoms with van der Waals surface area (Å²) in [6.07, 6.45) is 1.37. The fourth-order valence-electron chi connectivity index (χ4n) is 1.52. The maximum absolute atomic E-state index is 13.2. The second-order valence-electron chi connectivity index (χ2n) is 3.23. The summed E-state index contributed by atoms with van der Waals surface area (Å²) < 4.78 is 13.2. The predicted molar refractivity (Wildman–Crippen MR) is 53.4 cm³/mol. The van der Waals surface area contributed by atoms with Crippen LogP contribution < -0.4 is 0 Å². The van der Waals surface area contributed by atoms with Gasteiger partial charge in [0.2, 0.25) is 0 Å². The van der Waals surface area contributed by atoms with Gasteiger partial charge in [-0.1, -0.05) is 0 Å². The molecule has 1 heterocycles. The van der Waals surface area contributed by atoms with Crippen molar-refractivity contribution in [2.45, 2.75) is 6.92 Å². The van der Waals surface area contributed by atoms with Crippen LogP contribution in [0.15, 0.2) is 24.4 Å². The molecule has 0 aliphatic rings. The number of aryl methyl sites for hydroxylation is 1. The summed E-state index contributed by atoms with van der Waals surface area (Å²) >= 11 is 0. The van der Waals surface area contributed by atoms with Gasteiger partial charge >= 0.3 is 5.97 Å². The van der Waals surface area contributed by atoms with E-state index in [9.17, 15) is 9.18 Å². The van der Waals surface area contributed by atoms with E-state index in [2.05, 4.69) is 4.98 Å². The first-order valence-corrected chi connectivity index (χ1v) is 4.38. The number of carbonyl (C=O) groups is 1. The lowest BCUT2D eigenvalue weighted by Crippen LogP contribution is -1.99. The monoisotopic (exact) mass is 205 g/mol. The molecule has 3 nitrogen and oxygen atoms in total. The predicted octanol–water partition coefficient (Wildman–Crippen LogP) is 2.38. The van der Waals surface area contributed by atoms with E-state index in [1.807, 2.05) is 0 Å². The lowest BCUT2D eigenvalue weighted by molar-refractivity contribution is 0.0699. The van der Waals surface area contributed by atoms with Gasteiger partial charge in [0, 0.05) is 17.1 Å². The lowest BCUT2D eigenvalue weighted by Gasteiger charge is -2.04. The highest BCUT2D eigenvalue weighted by molar-refractivity contribution is 6.02. The first kappa shape index (κ1) is 9.58. The van der Waals surface area contributed by atoms with E-state index in [-0.39, 0.29) is 11.4 Å². The summed E-state index contributed by atoms with van der Waals surface area (Å²) in [5.41, 5.74) is 0.911. The number of aromatic carboxylic acids is 1. The van der Waals surface area contributed by atoms with E-state index in [1.165, 1.54) is 24.4 Å². The number of carboxylic acid groups (broad SMARTS) is 1. The van der Waals surface area contributed by atoms with Crippen molar-refractivity contribution in [1.82, 2.24) is 4.98 Å². The Balaban J connectivity index is 2.89. The Labute approximate surface area is 85.2 Å². The smallest absolute Gasteiger partial charge is 0.336 e. The molecule has 2 aromatic rings. The molecule has 0 unspecified atom stereocenters. The molecule has 0 spiro atoms. The van der Waals surface area contributed by atoms with Crippen LogP contribution >= 0.6 is 0 Å². The van der Waals surface area contributed by atoms with Gasteiger partial charge in [0.15, 0.2) is 0 Å². The van der Waals surface area contributed by atoms with E-state index >= 15 is 0 Å². The number of pyridine rings is 1. The van der Waals surface area contributed by atoms with Crippen LogP contribution in [-0.4, -0.2) is 16.1 Å². The molecule has 0 radical (unpaired) electrons. The highest BCUT2D eigenvalue weighted by Gasteiger charge is 2.11. The third-order valence-corrected chi connectivity index (χ3v) is 2.33. The maximum Gasteiger partial charge on any atom is 0.336 e. The average molecular weight is 205 g/mol. The minimum atomic E-state index is -1.03. The summed E-state index contributed by atoms with van der Waals surface area (Å²) in [5, 5.41) is 9.38. The van der Waals surface area contributed by atoms with Crippen LogP contribution in [0.4, 0.5) is 4.39 Å². The molecular weight excluding hydrogens is 197 g/mol. The summed E-state index contributed by atoms with van der Waals surface area (Å²) in [5.74, 6) is -1.41. The average Bonchev–Trinajstić information content (AvgIpc) is 2.23. The molecule has 1 aromatic heterocycles. The Bertz CT molecular complexity index is 552. The van der Waals surface area contributed by atoms with Crippen molar-refractivity contribution in [2.24, 2.45) is 0 Å². The van der Waals surface area contributed by atoms with Crippen molar-refractivity contribution < 1.29 is 14.3 Å². The first-order valence-electron chi connectivity index (χ1n) is 4.38. The molecule has 0 saturated heterocycles. The molecule has 0 aliphatic carbocycles. The second kappa shape index (κ2) is 3.31. The molecule has 0 atom stereocenters. The first-order chi connectivity index (χ1) is 7.11. The summed E-state index contributed by atoms with van der Waals surface area (Å²) in [7, 11) is 0. The fraction of sp³-hybridized carbons (Fsp3) is 0.0909. The molecule has 1 N–H and O–H groups in total. The Kier molecular flexibility index (Phi) is 2.11. The molecule has 2 rings (SSSR count). The van der Waals surface area contributed by atoms with Crippen LogP contribution in [0.1, 0.15) is 15.9 Å². The number of hydrogen-bond donors (Lipinski definition) is 1. The number of rotatable bonds is 1. The van der Waals surface area contributed by atoms with Gasteiger partial charge in [0.1, 0.15) is 5.82 Å². The van der Waals surface area contributed by atoms with Gasteiger partial charge in [-0.15, -0.1) is 0 Å². The van der Waals surface area contributed by atoms with Gasteiger partial charge in [-0.3, -0.25) is 4.98 Å². The molecule has 1 aromatic carbocycles. The SMILES string of the molecule is Cc1c(F)ccc2c(C(=O)O)ccnc12. The molecule has 0 amide bonds. The summed E-state index contributed by atoms with van der Waals surface area (Å²) in [4.78, 5) is 14.9. The van der Waals surface area contributed by atoms with Crippen LogP contribution in [-0.2, 0) is 0 Å². The van der Waals surface area contributed by atoms with Crippen molar-refractivity contribution in [3.63, 3.8) is 0 Å². The summed E-state index contributed by atoms with van der Waals surface area (Å²) in [6.45, 7) is 1.58. The van der Waals surface area contributed by atoms with Crippen molar-refractivity contribution >= 4 is 16.9 Å². The molecule has 76 valence electrons. The topological polar surface area (TPSA) is 50.2 Å². The molecule has 0 aliphatic heterocycles. The normalized spacial score (nSPS) is 10.5. The molecule has 0 bridgehead atoms.